The maximum absolute atomic E-state index is 8.55. The van der Waals surface area contributed by atoms with E-state index in [2.05, 4.69) is 11.9 Å². The fourth-order valence-corrected chi connectivity index (χ4v) is 0. The smallest absolute Gasteiger partial charge is 0.822 e. The van der Waals surface area contributed by atoms with E-state index in [9.17, 15) is 0 Å². The second kappa shape index (κ2) is 23.3. The number of halogens is 1. The van der Waals surface area contributed by atoms with Crippen molar-refractivity contribution < 1.29 is 118 Å². The van der Waals surface area contributed by atoms with Crippen molar-refractivity contribution in [3.8, 4) is 0 Å². The first-order valence-corrected chi connectivity index (χ1v) is 2.70. The van der Waals surface area contributed by atoms with Crippen LogP contribution in [0.2, 0.25) is 0 Å². The fourth-order valence-electron chi connectivity index (χ4n) is 0. The largest absolute Gasteiger partial charge is 1.00 e. The first-order valence-electron chi connectivity index (χ1n) is 0.899. The third-order valence-corrected chi connectivity index (χ3v) is 0. The normalized spacial score (nSPS) is 5.91. The molecule has 0 saturated heterocycles. The van der Waals surface area contributed by atoms with Gasteiger partial charge in [-0.15, -0.1) is 0 Å². The molecule has 11 heavy (non-hydrogen) atoms. The Morgan fingerprint density at radius 2 is 1.00 bits per heavy atom. The molecule has 0 amide bonds. The van der Waals surface area contributed by atoms with E-state index in [1.165, 1.54) is 0 Å². The molecule has 0 unspecified atom stereocenters. The molecule has 0 aromatic heterocycles. The molecule has 0 aliphatic rings. The van der Waals surface area contributed by atoms with E-state index < -0.39 is 7.82 Å². The second-order valence-corrected chi connectivity index (χ2v) is 1.34. The fraction of sp³-hybridized carbons (Fsp3) is 0. The van der Waals surface area contributed by atoms with Crippen LogP contribution < -0.4 is 103 Å². The maximum Gasteiger partial charge on any atom is 1.00 e. The molecule has 0 fully saturated rings. The average Bonchev–Trinajstić information content (AvgIpc) is 1.36. The Hall–Kier alpha value is 3.32. The zero-order valence-electron chi connectivity index (χ0n) is 6.41. The molecule has 0 aromatic carbocycles. The van der Waals surface area contributed by atoms with Crippen LogP contribution in [0.15, 0.2) is 0 Å². The summed E-state index contributed by atoms with van der Waals surface area (Å²) < 4.78 is 15.0. The van der Waals surface area contributed by atoms with Crippen LogP contribution in [0.3, 0.4) is 0 Å². The van der Waals surface area contributed by atoms with Crippen molar-refractivity contribution in [3.05, 3.63) is 0 Å². The summed E-state index contributed by atoms with van der Waals surface area (Å²) in [5, 5.41) is 0. The summed E-state index contributed by atoms with van der Waals surface area (Å²) in [6.07, 6.45) is 0. The molecule has 0 bridgehead atoms. The minimum atomic E-state index is -5.39. The molecular weight excluding hydrogens is 231 g/mol. The monoisotopic (exact) mass is 234 g/mol. The first-order chi connectivity index (χ1) is 3.00. The van der Waals surface area contributed by atoms with E-state index in [-0.39, 0.29) is 94.1 Å². The third kappa shape index (κ3) is 155. The van der Waals surface area contributed by atoms with Crippen LogP contribution in [0, 0.1) is 0 Å². The van der Waals surface area contributed by atoms with Crippen LogP contribution in [-0.2, 0) is 4.57 Å². The molecule has 0 atom stereocenters. The van der Waals surface area contributed by atoms with Crippen LogP contribution in [0.5, 0.6) is 0 Å². The molecule has 0 saturated carbocycles. The Bertz CT molecular complexity index is 64.0. The Balaban J connectivity index is -0.00000000972. The Morgan fingerprint density at radius 1 is 1.00 bits per heavy atom. The molecule has 0 aliphatic carbocycles. The van der Waals surface area contributed by atoms with Crippen molar-refractivity contribution in [2.75, 3.05) is 0 Å². The molecule has 11 heteroatoms. The first kappa shape index (κ1) is 36.7. The van der Waals surface area contributed by atoms with E-state index in [4.69, 9.17) is 23.9 Å². The molecule has 0 aromatic rings. The van der Waals surface area contributed by atoms with Gasteiger partial charge in [0.15, 0.2) is 0 Å². The predicted molar refractivity (Wildman–Crippen MR) is 19.3 cm³/mol. The Morgan fingerprint density at radius 3 is 1.00 bits per heavy atom. The van der Waals surface area contributed by atoms with Gasteiger partial charge in [-0.3, -0.25) is 4.66 Å². The van der Waals surface area contributed by atoms with Crippen molar-refractivity contribution in [3.63, 3.8) is 0 Å². The molecule has 0 radical (unpaired) electrons. The third-order valence-electron chi connectivity index (χ3n) is 0. The molecule has 3 N–H and O–H groups in total. The van der Waals surface area contributed by atoms with Gasteiger partial charge in [0, 0.05) is 0 Å². The van der Waals surface area contributed by atoms with Crippen LogP contribution in [0.25, 0.3) is 0 Å². The average molecular weight is 234 g/mol. The van der Waals surface area contributed by atoms with Gasteiger partial charge in [0.05, 0.1) is 11.9 Å². The molecule has 0 aliphatic heterocycles. The molecule has 0 rings (SSSR count). The summed E-state index contributed by atoms with van der Waals surface area (Å²) in [5.74, 6) is 0. The van der Waals surface area contributed by atoms with Crippen molar-refractivity contribution in [2.24, 2.45) is 0 Å². The van der Waals surface area contributed by atoms with E-state index >= 15 is 0 Å². The quantitative estimate of drug-likeness (QED) is 0.327. The van der Waals surface area contributed by atoms with Crippen molar-refractivity contribution in [1.82, 2.24) is 0 Å². The zero-order valence-corrected chi connectivity index (χ0v) is 14.1. The van der Waals surface area contributed by atoms with E-state index in [1.807, 2.05) is 0 Å². The number of hydrogen-bond donors (Lipinski definition) is 1. The summed E-state index contributed by atoms with van der Waals surface area (Å²) in [6.45, 7) is 0. The summed E-state index contributed by atoms with van der Waals surface area (Å²) >= 11 is 3.64. The Kier molecular flexibility index (Phi) is 77.7. The summed E-state index contributed by atoms with van der Waals surface area (Å²) in [5.41, 5.74) is 0. The summed E-state index contributed by atoms with van der Waals surface area (Å²) in [6, 6.07) is 0. The van der Waals surface area contributed by atoms with E-state index in [0.29, 0.717) is 0 Å². The molecule has 0 heterocycles. The Labute approximate surface area is 135 Å². The standard InChI is InChI=1S/ClHO.3Na.H3O4P.H2O/c1-2;;;;1-5(2,3)4;/h2H;;;;(H3,1,2,3,4);1H2/q;3*+1;;/p-3. The SMILES string of the molecule is O.O=P([O-])([O-])[O-].OCl.[Na+].[Na+].[Na+]. The van der Waals surface area contributed by atoms with Gasteiger partial charge in [-0.2, -0.15) is 7.82 Å². The van der Waals surface area contributed by atoms with Crippen LogP contribution in [-0.4, -0.2) is 10.1 Å². The predicted octanol–water partition coefficient (Wildman–Crippen LogP) is -12.5. The topological polar surface area (TPSA) is 138 Å². The van der Waals surface area contributed by atoms with Crippen LogP contribution in [0.4, 0.5) is 0 Å². The minimum Gasteiger partial charge on any atom is -0.822 e. The van der Waals surface area contributed by atoms with Gasteiger partial charge in [-0.25, -0.2) is 0 Å². The van der Waals surface area contributed by atoms with Crippen molar-refractivity contribution in [2.45, 2.75) is 0 Å². The molecule has 6 nitrogen and oxygen atoms in total. The van der Waals surface area contributed by atoms with Gasteiger partial charge in [0.1, 0.15) is 0 Å². The van der Waals surface area contributed by atoms with Crippen molar-refractivity contribution >= 4 is 19.7 Å². The zero-order chi connectivity index (χ0) is 6.50. The molecule has 0 spiro atoms. The van der Waals surface area contributed by atoms with Gasteiger partial charge in [-0.1, -0.05) is 0 Å². The summed E-state index contributed by atoms with van der Waals surface area (Å²) in [7, 11) is -5.39. The number of phosphoric acid groups is 1. The van der Waals surface area contributed by atoms with Crippen molar-refractivity contribution in [1.29, 1.82) is 0 Å². The maximum atomic E-state index is 8.55. The number of rotatable bonds is 0. The molecule has 54 valence electrons. The summed E-state index contributed by atoms with van der Waals surface area (Å²) in [4.78, 5) is 25.6. The van der Waals surface area contributed by atoms with Gasteiger partial charge >= 0.3 is 88.7 Å². The van der Waals surface area contributed by atoms with E-state index in [0.717, 1.165) is 0 Å². The minimum absolute atomic E-state index is 0. The van der Waals surface area contributed by atoms with Crippen LogP contribution in [0.1, 0.15) is 0 Å². The van der Waals surface area contributed by atoms with Gasteiger partial charge < -0.3 is 24.7 Å². The number of hydrogen-bond acceptors (Lipinski definition) is 5. The van der Waals surface area contributed by atoms with Gasteiger partial charge in [-0.05, 0) is 0 Å². The van der Waals surface area contributed by atoms with Crippen LogP contribution >= 0.6 is 19.7 Å². The van der Waals surface area contributed by atoms with Gasteiger partial charge in [0.2, 0.25) is 0 Å². The van der Waals surface area contributed by atoms with Gasteiger partial charge in [0.25, 0.3) is 0 Å². The molecular formula is H3ClNa3O6P. The van der Waals surface area contributed by atoms with E-state index in [1.54, 1.807) is 0 Å². The second-order valence-electron chi connectivity index (χ2n) is 0.447.